The van der Waals surface area contributed by atoms with Crippen LogP contribution in [-0.4, -0.2) is 16.9 Å². The van der Waals surface area contributed by atoms with E-state index >= 15 is 0 Å². The Morgan fingerprint density at radius 3 is 2.74 bits per heavy atom. The van der Waals surface area contributed by atoms with Crippen LogP contribution < -0.4 is 10.5 Å². The van der Waals surface area contributed by atoms with Crippen LogP contribution in [0.2, 0.25) is 0 Å². The van der Waals surface area contributed by atoms with Gasteiger partial charge in [-0.15, -0.1) is 0 Å². The highest BCUT2D eigenvalue weighted by molar-refractivity contribution is 5.36. The molecule has 102 valence electrons. The standard InChI is InChI=1S/C15H21N3O/c1-4-11-9-12(18(2)17-11)10-14(16)13-7-5-6-8-15(13)19-3/h5-9,14H,4,10,16H2,1-3H3. The Balaban J connectivity index is 2.20. The molecule has 0 fully saturated rings. The summed E-state index contributed by atoms with van der Waals surface area (Å²) in [6.45, 7) is 2.10. The molecule has 1 unspecified atom stereocenters. The molecule has 1 aromatic carbocycles. The van der Waals surface area contributed by atoms with Crippen LogP contribution in [0.25, 0.3) is 0 Å². The van der Waals surface area contributed by atoms with Crippen molar-refractivity contribution in [2.24, 2.45) is 12.8 Å². The lowest BCUT2D eigenvalue weighted by molar-refractivity contribution is 0.405. The summed E-state index contributed by atoms with van der Waals surface area (Å²) in [4.78, 5) is 0. The fourth-order valence-corrected chi connectivity index (χ4v) is 2.24. The van der Waals surface area contributed by atoms with Crippen molar-refractivity contribution in [3.8, 4) is 5.75 Å². The maximum atomic E-state index is 6.30. The number of benzene rings is 1. The number of aromatic nitrogens is 2. The second-order valence-corrected chi connectivity index (χ2v) is 4.66. The van der Waals surface area contributed by atoms with Crippen LogP contribution in [0.4, 0.5) is 0 Å². The van der Waals surface area contributed by atoms with Crippen molar-refractivity contribution >= 4 is 0 Å². The highest BCUT2D eigenvalue weighted by Gasteiger charge is 2.14. The molecular weight excluding hydrogens is 238 g/mol. The van der Waals surface area contributed by atoms with E-state index in [0.717, 1.165) is 35.5 Å². The molecule has 0 aliphatic rings. The Labute approximate surface area is 114 Å². The largest absolute Gasteiger partial charge is 0.496 e. The van der Waals surface area contributed by atoms with Gasteiger partial charge in [0, 0.05) is 30.8 Å². The molecule has 0 radical (unpaired) electrons. The quantitative estimate of drug-likeness (QED) is 0.896. The van der Waals surface area contributed by atoms with Crippen LogP contribution in [0.5, 0.6) is 5.75 Å². The molecule has 4 heteroatoms. The van der Waals surface area contributed by atoms with E-state index in [-0.39, 0.29) is 6.04 Å². The average molecular weight is 259 g/mol. The van der Waals surface area contributed by atoms with Crippen molar-refractivity contribution in [2.75, 3.05) is 7.11 Å². The van der Waals surface area contributed by atoms with Crippen LogP contribution in [0.15, 0.2) is 30.3 Å². The average Bonchev–Trinajstić information content (AvgIpc) is 2.79. The third-order valence-electron chi connectivity index (χ3n) is 3.36. The minimum absolute atomic E-state index is 0.0868. The Kier molecular flexibility index (Phi) is 4.22. The van der Waals surface area contributed by atoms with Crippen LogP contribution in [-0.2, 0) is 19.9 Å². The topological polar surface area (TPSA) is 53.1 Å². The predicted octanol–water partition coefficient (Wildman–Crippen LogP) is 2.23. The van der Waals surface area contributed by atoms with Crippen molar-refractivity contribution in [1.29, 1.82) is 0 Å². The number of hydrogen-bond acceptors (Lipinski definition) is 3. The first-order valence-electron chi connectivity index (χ1n) is 6.56. The van der Waals surface area contributed by atoms with Crippen LogP contribution in [0, 0.1) is 0 Å². The van der Waals surface area contributed by atoms with E-state index in [4.69, 9.17) is 10.5 Å². The summed E-state index contributed by atoms with van der Waals surface area (Å²) in [7, 11) is 3.63. The summed E-state index contributed by atoms with van der Waals surface area (Å²) < 4.78 is 7.27. The zero-order valence-electron chi connectivity index (χ0n) is 11.8. The smallest absolute Gasteiger partial charge is 0.123 e. The van der Waals surface area contributed by atoms with Crippen LogP contribution >= 0.6 is 0 Å². The number of rotatable bonds is 5. The lowest BCUT2D eigenvalue weighted by atomic mass is 10.0. The Morgan fingerprint density at radius 1 is 1.37 bits per heavy atom. The Bertz CT molecular complexity index is 548. The van der Waals surface area contributed by atoms with E-state index in [1.165, 1.54) is 0 Å². The van der Waals surface area contributed by atoms with Gasteiger partial charge in [0.1, 0.15) is 5.75 Å². The van der Waals surface area contributed by atoms with Gasteiger partial charge in [-0.3, -0.25) is 4.68 Å². The van der Waals surface area contributed by atoms with Gasteiger partial charge in [0.2, 0.25) is 0 Å². The molecule has 0 aliphatic carbocycles. The Hall–Kier alpha value is -1.81. The molecule has 0 spiro atoms. The molecule has 0 saturated heterocycles. The van der Waals surface area contributed by atoms with E-state index in [2.05, 4.69) is 18.1 Å². The number of nitrogens with zero attached hydrogens (tertiary/aromatic N) is 2. The summed E-state index contributed by atoms with van der Waals surface area (Å²) in [6.07, 6.45) is 1.70. The zero-order chi connectivity index (χ0) is 13.8. The molecule has 2 aromatic rings. The molecule has 1 heterocycles. The minimum Gasteiger partial charge on any atom is -0.496 e. The van der Waals surface area contributed by atoms with Crippen molar-refractivity contribution in [3.05, 3.63) is 47.3 Å². The molecule has 1 aromatic heterocycles. The molecule has 0 saturated carbocycles. The van der Waals surface area contributed by atoms with E-state index in [0.29, 0.717) is 0 Å². The van der Waals surface area contributed by atoms with Gasteiger partial charge in [-0.25, -0.2) is 0 Å². The van der Waals surface area contributed by atoms with E-state index < -0.39 is 0 Å². The lowest BCUT2D eigenvalue weighted by Gasteiger charge is -2.15. The fraction of sp³-hybridized carbons (Fsp3) is 0.400. The molecule has 0 aliphatic heterocycles. The lowest BCUT2D eigenvalue weighted by Crippen LogP contribution is -2.16. The van der Waals surface area contributed by atoms with Gasteiger partial charge in [0.25, 0.3) is 0 Å². The molecular formula is C15H21N3O. The third kappa shape index (κ3) is 2.96. The van der Waals surface area contributed by atoms with E-state index in [9.17, 15) is 0 Å². The molecule has 0 bridgehead atoms. The number of para-hydroxylation sites is 1. The summed E-state index contributed by atoms with van der Waals surface area (Å²) >= 11 is 0. The summed E-state index contributed by atoms with van der Waals surface area (Å²) in [6, 6.07) is 9.93. The van der Waals surface area contributed by atoms with Crippen LogP contribution in [0.1, 0.15) is 29.9 Å². The SMILES string of the molecule is CCc1cc(CC(N)c2ccccc2OC)n(C)n1. The van der Waals surface area contributed by atoms with Gasteiger partial charge in [0.15, 0.2) is 0 Å². The molecule has 4 nitrogen and oxygen atoms in total. The second-order valence-electron chi connectivity index (χ2n) is 4.66. The number of aryl methyl sites for hydroxylation is 2. The number of methoxy groups -OCH3 is 1. The van der Waals surface area contributed by atoms with Crippen molar-refractivity contribution in [3.63, 3.8) is 0 Å². The predicted molar refractivity (Wildman–Crippen MR) is 76.2 cm³/mol. The molecule has 1 atom stereocenters. The maximum absolute atomic E-state index is 6.30. The van der Waals surface area contributed by atoms with Crippen LogP contribution in [0.3, 0.4) is 0 Å². The van der Waals surface area contributed by atoms with Crippen molar-refractivity contribution in [2.45, 2.75) is 25.8 Å². The Morgan fingerprint density at radius 2 is 2.11 bits per heavy atom. The zero-order valence-corrected chi connectivity index (χ0v) is 11.8. The molecule has 19 heavy (non-hydrogen) atoms. The number of nitrogens with two attached hydrogens (primary N) is 1. The summed E-state index contributed by atoms with van der Waals surface area (Å²) in [5.41, 5.74) is 9.58. The molecule has 2 rings (SSSR count). The van der Waals surface area contributed by atoms with E-state index in [1.807, 2.05) is 36.0 Å². The number of ether oxygens (including phenoxy) is 1. The second kappa shape index (κ2) is 5.89. The van der Waals surface area contributed by atoms with Crippen molar-refractivity contribution < 1.29 is 4.74 Å². The monoisotopic (exact) mass is 259 g/mol. The minimum atomic E-state index is -0.0868. The first-order chi connectivity index (χ1) is 9.15. The molecule has 0 amide bonds. The van der Waals surface area contributed by atoms with Gasteiger partial charge in [-0.2, -0.15) is 5.10 Å². The fourth-order valence-electron chi connectivity index (χ4n) is 2.24. The third-order valence-corrected chi connectivity index (χ3v) is 3.36. The maximum Gasteiger partial charge on any atom is 0.123 e. The first-order valence-corrected chi connectivity index (χ1v) is 6.56. The highest BCUT2D eigenvalue weighted by Crippen LogP contribution is 2.25. The summed E-state index contributed by atoms with van der Waals surface area (Å²) in [5.74, 6) is 0.841. The summed E-state index contributed by atoms with van der Waals surface area (Å²) in [5, 5.41) is 4.45. The van der Waals surface area contributed by atoms with Gasteiger partial charge in [-0.1, -0.05) is 25.1 Å². The van der Waals surface area contributed by atoms with Crippen molar-refractivity contribution in [1.82, 2.24) is 9.78 Å². The number of hydrogen-bond donors (Lipinski definition) is 1. The van der Waals surface area contributed by atoms with Gasteiger partial charge < -0.3 is 10.5 Å². The highest BCUT2D eigenvalue weighted by atomic mass is 16.5. The molecule has 2 N–H and O–H groups in total. The normalized spacial score (nSPS) is 12.4. The van der Waals surface area contributed by atoms with Gasteiger partial charge >= 0.3 is 0 Å². The van der Waals surface area contributed by atoms with Gasteiger partial charge in [0.05, 0.1) is 12.8 Å². The first kappa shape index (κ1) is 13.6. The van der Waals surface area contributed by atoms with Gasteiger partial charge in [-0.05, 0) is 18.6 Å². The van der Waals surface area contributed by atoms with E-state index in [1.54, 1.807) is 7.11 Å².